The zero-order valence-corrected chi connectivity index (χ0v) is 14.3. The number of ether oxygens (including phenoxy) is 1. The molecular weight excluding hydrogens is 305 g/mol. The third kappa shape index (κ3) is 4.75. The molecule has 0 unspecified atom stereocenters. The van der Waals surface area contributed by atoms with E-state index in [0.717, 1.165) is 6.04 Å². The lowest BCUT2D eigenvalue weighted by atomic mass is 9.80. The second-order valence-corrected chi connectivity index (χ2v) is 12.5. The zero-order chi connectivity index (χ0) is 15.5. The van der Waals surface area contributed by atoms with Gasteiger partial charge >= 0.3 is 7.12 Å². The van der Waals surface area contributed by atoms with Gasteiger partial charge in [-0.2, -0.15) is 5.10 Å². The Kier molecular flexibility index (Phi) is 5.33. The first-order chi connectivity index (χ1) is 9.87. The average molecular weight is 325 g/mol. The van der Waals surface area contributed by atoms with E-state index in [1.54, 1.807) is 17.1 Å². The van der Waals surface area contributed by atoms with Crippen LogP contribution in [0.1, 0.15) is 0 Å². The van der Waals surface area contributed by atoms with E-state index < -0.39 is 15.2 Å². The number of rotatable bonds is 7. The number of hydrogen-bond donors (Lipinski definition) is 2. The lowest BCUT2D eigenvalue weighted by Crippen LogP contribution is -2.30. The predicted octanol–water partition coefficient (Wildman–Crippen LogP) is 0.999. The SMILES string of the molecule is C[Si](C)(C)CCOCn1cc(B(O)O)c(-c2nccs2)n1. The van der Waals surface area contributed by atoms with Gasteiger partial charge in [-0.05, 0) is 6.04 Å². The Balaban J connectivity index is 2.03. The maximum atomic E-state index is 9.44. The van der Waals surface area contributed by atoms with E-state index in [1.165, 1.54) is 11.3 Å². The van der Waals surface area contributed by atoms with Crippen molar-refractivity contribution in [2.24, 2.45) is 0 Å². The van der Waals surface area contributed by atoms with Crippen molar-refractivity contribution in [2.45, 2.75) is 32.4 Å². The van der Waals surface area contributed by atoms with E-state index in [2.05, 4.69) is 29.7 Å². The minimum absolute atomic E-state index is 0.301. The molecule has 0 aliphatic carbocycles. The van der Waals surface area contributed by atoms with Crippen molar-refractivity contribution in [3.05, 3.63) is 17.8 Å². The lowest BCUT2D eigenvalue weighted by Gasteiger charge is -2.15. The van der Waals surface area contributed by atoms with Gasteiger partial charge < -0.3 is 14.8 Å². The van der Waals surface area contributed by atoms with E-state index >= 15 is 0 Å². The van der Waals surface area contributed by atoms with Crippen LogP contribution in [0, 0.1) is 0 Å². The summed E-state index contributed by atoms with van der Waals surface area (Å²) in [6.45, 7) is 7.88. The molecule has 0 bridgehead atoms. The lowest BCUT2D eigenvalue weighted by molar-refractivity contribution is 0.0788. The van der Waals surface area contributed by atoms with Crippen LogP contribution >= 0.6 is 11.3 Å². The van der Waals surface area contributed by atoms with Crippen molar-refractivity contribution in [1.82, 2.24) is 14.8 Å². The second-order valence-electron chi connectivity index (χ2n) is 6.03. The maximum absolute atomic E-state index is 9.44. The van der Waals surface area contributed by atoms with E-state index in [0.29, 0.717) is 29.5 Å². The summed E-state index contributed by atoms with van der Waals surface area (Å²) in [6, 6.07) is 1.09. The molecule has 2 aromatic heterocycles. The largest absolute Gasteiger partial charge is 0.492 e. The third-order valence-electron chi connectivity index (χ3n) is 2.92. The summed E-state index contributed by atoms with van der Waals surface area (Å²) in [7, 11) is -2.68. The van der Waals surface area contributed by atoms with Gasteiger partial charge in [-0.1, -0.05) is 19.6 Å². The fraction of sp³-hybridized carbons (Fsp3) is 0.500. The van der Waals surface area contributed by atoms with E-state index in [1.807, 2.05) is 5.38 Å². The first-order valence-corrected chi connectivity index (χ1v) is 11.4. The number of thiazole rings is 1. The van der Waals surface area contributed by atoms with Gasteiger partial charge in [-0.25, -0.2) is 9.67 Å². The highest BCUT2D eigenvalue weighted by Gasteiger charge is 2.23. The van der Waals surface area contributed by atoms with Crippen molar-refractivity contribution in [2.75, 3.05) is 6.61 Å². The molecule has 0 saturated heterocycles. The molecule has 0 aromatic carbocycles. The Hall–Kier alpha value is -0.998. The van der Waals surface area contributed by atoms with Crippen molar-refractivity contribution in [3.63, 3.8) is 0 Å². The Morgan fingerprint density at radius 2 is 2.14 bits per heavy atom. The van der Waals surface area contributed by atoms with E-state index in [-0.39, 0.29) is 0 Å². The highest BCUT2D eigenvalue weighted by molar-refractivity contribution is 7.13. The predicted molar refractivity (Wildman–Crippen MR) is 87.3 cm³/mol. The summed E-state index contributed by atoms with van der Waals surface area (Å²) in [5.74, 6) is 0. The van der Waals surface area contributed by atoms with Crippen LogP contribution in [0.3, 0.4) is 0 Å². The molecule has 0 fully saturated rings. The molecule has 2 N–H and O–H groups in total. The molecule has 0 radical (unpaired) electrons. The Morgan fingerprint density at radius 3 is 2.71 bits per heavy atom. The molecule has 6 nitrogen and oxygen atoms in total. The van der Waals surface area contributed by atoms with Crippen LogP contribution in [0.5, 0.6) is 0 Å². The monoisotopic (exact) mass is 325 g/mol. The van der Waals surface area contributed by atoms with Gasteiger partial charge in [-0.15, -0.1) is 11.3 Å². The number of hydrogen-bond acceptors (Lipinski definition) is 6. The summed E-state index contributed by atoms with van der Waals surface area (Å²) in [5.41, 5.74) is 0.840. The van der Waals surface area contributed by atoms with Gasteiger partial charge in [0.25, 0.3) is 0 Å². The second kappa shape index (κ2) is 6.84. The van der Waals surface area contributed by atoms with Crippen LogP contribution in [0.2, 0.25) is 25.7 Å². The Labute approximate surface area is 129 Å². The van der Waals surface area contributed by atoms with Gasteiger partial charge in [0.15, 0.2) is 0 Å². The van der Waals surface area contributed by atoms with Crippen molar-refractivity contribution in [1.29, 1.82) is 0 Å². The van der Waals surface area contributed by atoms with E-state index in [4.69, 9.17) is 4.74 Å². The molecule has 9 heteroatoms. The summed E-state index contributed by atoms with van der Waals surface area (Å²) in [6.07, 6.45) is 3.26. The first kappa shape index (κ1) is 16.4. The zero-order valence-electron chi connectivity index (χ0n) is 12.5. The van der Waals surface area contributed by atoms with Gasteiger partial charge in [0.05, 0.1) is 0 Å². The van der Waals surface area contributed by atoms with Crippen LogP contribution in [0.4, 0.5) is 0 Å². The van der Waals surface area contributed by atoms with Crippen molar-refractivity contribution >= 4 is 32.0 Å². The molecule has 21 heavy (non-hydrogen) atoms. The molecule has 0 spiro atoms. The van der Waals surface area contributed by atoms with Crippen LogP contribution in [-0.4, -0.2) is 46.6 Å². The van der Waals surface area contributed by atoms with Crippen molar-refractivity contribution < 1.29 is 14.8 Å². The minimum Gasteiger partial charge on any atom is -0.423 e. The number of aromatic nitrogens is 3. The minimum atomic E-state index is -1.57. The Bertz CT molecular complexity index is 569. The standard InChI is InChI=1S/C12H20BN3O3SSi/c1-21(2,3)7-5-19-9-16-8-10(13(17)18)11(15-16)12-14-4-6-20-12/h4,6,8,17-18H,5,7,9H2,1-3H3. The highest BCUT2D eigenvalue weighted by Crippen LogP contribution is 2.18. The fourth-order valence-electron chi connectivity index (χ4n) is 1.73. The molecule has 2 heterocycles. The summed E-state index contributed by atoms with van der Waals surface area (Å²) < 4.78 is 7.20. The summed E-state index contributed by atoms with van der Waals surface area (Å²) in [4.78, 5) is 4.16. The maximum Gasteiger partial charge on any atom is 0.492 e. The molecule has 2 rings (SSSR count). The molecule has 0 amide bonds. The smallest absolute Gasteiger partial charge is 0.423 e. The molecule has 114 valence electrons. The van der Waals surface area contributed by atoms with Gasteiger partial charge in [0.2, 0.25) is 0 Å². The van der Waals surface area contributed by atoms with Crippen molar-refractivity contribution in [3.8, 4) is 10.7 Å². The molecular formula is C12H20BN3O3SSi. The molecule has 0 saturated carbocycles. The van der Waals surface area contributed by atoms with Gasteiger partial charge in [-0.3, -0.25) is 0 Å². The topological polar surface area (TPSA) is 80.4 Å². The summed E-state index contributed by atoms with van der Waals surface area (Å²) >= 11 is 1.41. The highest BCUT2D eigenvalue weighted by atomic mass is 32.1. The fourth-order valence-corrected chi connectivity index (χ4v) is 3.13. The summed E-state index contributed by atoms with van der Waals surface area (Å²) in [5, 5.41) is 25.7. The van der Waals surface area contributed by atoms with Crippen LogP contribution in [0.25, 0.3) is 10.7 Å². The van der Waals surface area contributed by atoms with E-state index in [9.17, 15) is 10.0 Å². The normalized spacial score (nSPS) is 11.9. The van der Waals surface area contributed by atoms with Gasteiger partial charge in [0, 0.05) is 37.9 Å². The van der Waals surface area contributed by atoms with Crippen LogP contribution in [-0.2, 0) is 11.5 Å². The van der Waals surface area contributed by atoms with Crippen LogP contribution in [0.15, 0.2) is 17.8 Å². The molecule has 0 aliphatic heterocycles. The quantitative estimate of drug-likeness (QED) is 0.586. The molecule has 2 aromatic rings. The average Bonchev–Trinajstić information content (AvgIpc) is 3.02. The third-order valence-corrected chi connectivity index (χ3v) is 5.41. The first-order valence-electron chi connectivity index (χ1n) is 6.78. The molecule has 0 aliphatic rings. The molecule has 0 atom stereocenters. The van der Waals surface area contributed by atoms with Crippen LogP contribution < -0.4 is 5.46 Å². The van der Waals surface area contributed by atoms with Gasteiger partial charge in [0.1, 0.15) is 17.4 Å². The Morgan fingerprint density at radius 1 is 1.38 bits per heavy atom. The number of nitrogens with zero attached hydrogens (tertiary/aromatic N) is 3.